The topological polar surface area (TPSA) is 72.7 Å². The summed E-state index contributed by atoms with van der Waals surface area (Å²) >= 11 is 0. The average molecular weight is 408 g/mol. The van der Waals surface area contributed by atoms with Gasteiger partial charge in [-0.25, -0.2) is 18.7 Å². The highest BCUT2D eigenvalue weighted by molar-refractivity contribution is 7.84. The highest BCUT2D eigenvalue weighted by atomic mass is 32.2. The van der Waals surface area contributed by atoms with Crippen LogP contribution in [-0.4, -0.2) is 30.4 Å². The average Bonchev–Trinajstić information content (AvgIpc) is 2.98. The lowest BCUT2D eigenvalue weighted by Gasteiger charge is -2.39. The maximum atomic E-state index is 13.4. The van der Waals surface area contributed by atoms with Crippen LogP contribution in [0.5, 0.6) is 0 Å². The summed E-state index contributed by atoms with van der Waals surface area (Å²) in [6, 6.07) is 3.72. The molecule has 0 radical (unpaired) electrons. The molecule has 2 heterocycles. The second-order valence-corrected chi connectivity index (χ2v) is 11.7. The van der Waals surface area contributed by atoms with Crippen molar-refractivity contribution in [1.29, 1.82) is 0 Å². The molecular formula is C21H33N3O3S. The minimum absolute atomic E-state index is 0.227. The van der Waals surface area contributed by atoms with Gasteiger partial charge in [-0.15, -0.1) is 0 Å². The van der Waals surface area contributed by atoms with Crippen molar-refractivity contribution in [2.24, 2.45) is 5.41 Å². The fourth-order valence-corrected chi connectivity index (χ4v) is 3.92. The smallest absolute Gasteiger partial charge is 0.332 e. The first-order valence-corrected chi connectivity index (χ1v) is 10.7. The summed E-state index contributed by atoms with van der Waals surface area (Å²) in [7, 11) is -1.48. The number of esters is 1. The van der Waals surface area contributed by atoms with Gasteiger partial charge in [-0.05, 0) is 52.5 Å². The number of hydrogen-bond acceptors (Lipinski definition) is 4. The van der Waals surface area contributed by atoms with Crippen LogP contribution in [0.1, 0.15) is 67.4 Å². The molecule has 2 aromatic rings. The number of carbonyl (C=O) groups is 1. The molecule has 6 nitrogen and oxygen atoms in total. The van der Waals surface area contributed by atoms with Gasteiger partial charge in [0, 0.05) is 24.2 Å². The fraction of sp³-hybridized carbons (Fsp3) is 0.619. The molecule has 0 aliphatic heterocycles. The molecule has 0 aliphatic carbocycles. The van der Waals surface area contributed by atoms with Crippen LogP contribution in [0.3, 0.4) is 0 Å². The maximum Gasteiger partial charge on any atom is 0.332 e. The Bertz CT molecular complexity index is 862. The van der Waals surface area contributed by atoms with Gasteiger partial charge in [0.25, 0.3) is 0 Å². The summed E-state index contributed by atoms with van der Waals surface area (Å²) < 4.78 is 23.3. The van der Waals surface area contributed by atoms with E-state index >= 15 is 0 Å². The highest BCUT2D eigenvalue weighted by Gasteiger charge is 2.48. The van der Waals surface area contributed by atoms with Gasteiger partial charge in [0.05, 0.1) is 21.8 Å². The number of fused-ring (bicyclic) bond motifs is 1. The molecule has 0 fully saturated rings. The Hall–Kier alpha value is -1.73. The summed E-state index contributed by atoms with van der Waals surface area (Å²) in [5.41, 5.74) is 0.00688. The number of nitrogens with one attached hydrogen (secondary N) is 1. The quantitative estimate of drug-likeness (QED) is 0.736. The van der Waals surface area contributed by atoms with Crippen LogP contribution in [0.4, 0.5) is 0 Å². The molecule has 2 rings (SSSR count). The van der Waals surface area contributed by atoms with Crippen molar-refractivity contribution < 1.29 is 13.7 Å². The lowest BCUT2D eigenvalue weighted by molar-refractivity contribution is -0.156. The van der Waals surface area contributed by atoms with E-state index in [1.54, 1.807) is 6.20 Å². The molecular weight excluding hydrogens is 374 g/mol. The SMILES string of the molecule is CC(C)OC(=O)[C@](CC(C)(C)C)(N[S@@](=O)C(C)(C)C)c1ccc2nccn2c1. The Morgan fingerprint density at radius 2 is 1.86 bits per heavy atom. The second-order valence-electron chi connectivity index (χ2n) is 9.69. The van der Waals surface area contributed by atoms with E-state index in [2.05, 4.69) is 30.5 Å². The largest absolute Gasteiger partial charge is 0.461 e. The summed E-state index contributed by atoms with van der Waals surface area (Å²) in [6.07, 6.45) is 5.54. The predicted molar refractivity (Wildman–Crippen MR) is 113 cm³/mol. The van der Waals surface area contributed by atoms with Crippen LogP contribution >= 0.6 is 0 Å². The monoisotopic (exact) mass is 407 g/mol. The van der Waals surface area contributed by atoms with Crippen LogP contribution in [0, 0.1) is 5.41 Å². The molecule has 0 aromatic carbocycles. The van der Waals surface area contributed by atoms with E-state index in [0.29, 0.717) is 12.0 Å². The minimum Gasteiger partial charge on any atom is -0.461 e. The van der Waals surface area contributed by atoms with Gasteiger partial charge in [-0.2, -0.15) is 0 Å². The Morgan fingerprint density at radius 3 is 2.39 bits per heavy atom. The van der Waals surface area contributed by atoms with Gasteiger partial charge >= 0.3 is 5.97 Å². The highest BCUT2D eigenvalue weighted by Crippen LogP contribution is 2.37. The van der Waals surface area contributed by atoms with E-state index in [9.17, 15) is 9.00 Å². The maximum absolute atomic E-state index is 13.4. The number of pyridine rings is 1. The molecule has 2 atom stereocenters. The van der Waals surface area contributed by atoms with Crippen molar-refractivity contribution in [3.8, 4) is 0 Å². The number of imidazole rings is 1. The molecule has 156 valence electrons. The standard InChI is InChI=1S/C21H33N3O3S/c1-15(2)27-18(25)21(14-19(3,4)5,23-28(26)20(6,7)8)16-9-10-17-22-11-12-24(17)13-16/h9-13,15,23H,14H2,1-8H3/t21-,28+/m1/s1. The third-order valence-corrected chi connectivity index (χ3v) is 5.84. The van der Waals surface area contributed by atoms with Crippen molar-refractivity contribution in [1.82, 2.24) is 14.1 Å². The van der Waals surface area contributed by atoms with E-state index in [1.807, 2.05) is 63.5 Å². The normalized spacial score (nSPS) is 16.2. The lowest BCUT2D eigenvalue weighted by Crippen LogP contribution is -2.56. The van der Waals surface area contributed by atoms with E-state index in [-0.39, 0.29) is 11.5 Å². The molecule has 0 amide bonds. The molecule has 0 saturated carbocycles. The van der Waals surface area contributed by atoms with Crippen LogP contribution < -0.4 is 4.72 Å². The number of rotatable bonds is 6. The first kappa shape index (κ1) is 22.6. The predicted octanol–water partition coefficient (Wildman–Crippen LogP) is 3.97. The Kier molecular flexibility index (Phi) is 6.40. The molecule has 7 heteroatoms. The Balaban J connectivity index is 2.69. The van der Waals surface area contributed by atoms with Crippen LogP contribution in [0.25, 0.3) is 5.65 Å². The van der Waals surface area contributed by atoms with Gasteiger partial charge in [0.1, 0.15) is 5.65 Å². The van der Waals surface area contributed by atoms with Crippen molar-refractivity contribution in [3.05, 3.63) is 36.3 Å². The van der Waals surface area contributed by atoms with Crippen molar-refractivity contribution >= 4 is 22.6 Å². The third kappa shape index (κ3) is 5.20. The van der Waals surface area contributed by atoms with E-state index in [1.165, 1.54) is 0 Å². The molecule has 0 saturated heterocycles. The first-order valence-electron chi connectivity index (χ1n) is 9.59. The van der Waals surface area contributed by atoms with Crippen LogP contribution in [0.2, 0.25) is 0 Å². The van der Waals surface area contributed by atoms with Crippen LogP contribution in [0.15, 0.2) is 30.7 Å². The van der Waals surface area contributed by atoms with Crippen molar-refractivity contribution in [2.75, 3.05) is 0 Å². The molecule has 2 aromatic heterocycles. The number of aromatic nitrogens is 2. The fourth-order valence-electron chi connectivity index (χ4n) is 3.02. The van der Waals surface area contributed by atoms with E-state index in [4.69, 9.17) is 4.74 Å². The second kappa shape index (κ2) is 7.95. The zero-order valence-electron chi connectivity index (χ0n) is 18.2. The zero-order chi connectivity index (χ0) is 21.3. The van der Waals surface area contributed by atoms with Gasteiger partial charge in [0.2, 0.25) is 0 Å². The van der Waals surface area contributed by atoms with Gasteiger partial charge < -0.3 is 9.14 Å². The summed E-state index contributed by atoms with van der Waals surface area (Å²) in [5.74, 6) is -0.422. The molecule has 0 aliphatic rings. The number of carbonyl (C=O) groups excluding carboxylic acids is 1. The molecule has 28 heavy (non-hydrogen) atoms. The van der Waals surface area contributed by atoms with E-state index in [0.717, 1.165) is 5.65 Å². The van der Waals surface area contributed by atoms with Crippen LogP contribution in [-0.2, 0) is 26.1 Å². The molecule has 0 bridgehead atoms. The third-order valence-electron chi connectivity index (χ3n) is 4.19. The summed E-state index contributed by atoms with van der Waals surface area (Å²) in [5, 5.41) is 0. The zero-order valence-corrected chi connectivity index (χ0v) is 19.0. The summed E-state index contributed by atoms with van der Waals surface area (Å²) in [4.78, 5) is 17.7. The van der Waals surface area contributed by atoms with Gasteiger partial charge in [-0.1, -0.05) is 26.8 Å². The number of hydrogen-bond donors (Lipinski definition) is 1. The minimum atomic E-state index is -1.48. The molecule has 0 spiro atoms. The number of ether oxygens (including phenoxy) is 1. The summed E-state index contributed by atoms with van der Waals surface area (Å²) in [6.45, 7) is 15.4. The van der Waals surface area contributed by atoms with Crippen molar-refractivity contribution in [3.63, 3.8) is 0 Å². The number of nitrogens with zero attached hydrogens (tertiary/aromatic N) is 2. The lowest BCUT2D eigenvalue weighted by atomic mass is 9.76. The van der Waals surface area contributed by atoms with Gasteiger partial charge in [0.15, 0.2) is 5.54 Å². The van der Waals surface area contributed by atoms with E-state index < -0.39 is 27.2 Å². The Labute approximate surface area is 170 Å². The van der Waals surface area contributed by atoms with Crippen molar-refractivity contribution in [2.45, 2.75) is 78.2 Å². The molecule has 1 N–H and O–H groups in total. The molecule has 0 unspecified atom stereocenters. The first-order chi connectivity index (χ1) is 12.7. The van der Waals surface area contributed by atoms with Gasteiger partial charge in [-0.3, -0.25) is 0 Å². The Morgan fingerprint density at radius 1 is 1.21 bits per heavy atom.